The summed E-state index contributed by atoms with van der Waals surface area (Å²) in [5.41, 5.74) is 0. The Hall–Kier alpha value is -0.0600. The standard InChI is InChI=1S/C10H16N2S2/c1-8(10-11-4-6-14-10)12-7-9-3-2-5-13-9/h4,6,8-9,12H,2-3,5,7H2,1H3. The van der Waals surface area contributed by atoms with E-state index in [4.69, 9.17) is 0 Å². The quantitative estimate of drug-likeness (QED) is 0.857. The van der Waals surface area contributed by atoms with Gasteiger partial charge in [0.1, 0.15) is 5.01 Å². The van der Waals surface area contributed by atoms with Crippen LogP contribution in [0, 0.1) is 0 Å². The molecule has 0 amide bonds. The van der Waals surface area contributed by atoms with Crippen molar-refractivity contribution in [2.45, 2.75) is 31.1 Å². The fourth-order valence-corrected chi connectivity index (χ4v) is 3.53. The summed E-state index contributed by atoms with van der Waals surface area (Å²) in [6.07, 6.45) is 4.65. The largest absolute Gasteiger partial charge is 0.307 e. The lowest BCUT2D eigenvalue weighted by molar-refractivity contribution is 0.557. The van der Waals surface area contributed by atoms with E-state index in [0.717, 1.165) is 11.8 Å². The van der Waals surface area contributed by atoms with Gasteiger partial charge < -0.3 is 5.32 Å². The number of rotatable bonds is 4. The van der Waals surface area contributed by atoms with E-state index >= 15 is 0 Å². The van der Waals surface area contributed by atoms with E-state index in [1.54, 1.807) is 11.3 Å². The average Bonchev–Trinajstić information content (AvgIpc) is 2.87. The molecule has 1 aliphatic rings. The Bertz CT molecular complexity index is 255. The Kier molecular flexibility index (Phi) is 3.84. The fraction of sp³-hybridized carbons (Fsp3) is 0.700. The topological polar surface area (TPSA) is 24.9 Å². The number of nitrogens with zero attached hydrogens (tertiary/aromatic N) is 1. The monoisotopic (exact) mass is 228 g/mol. The summed E-state index contributed by atoms with van der Waals surface area (Å²) >= 11 is 3.84. The smallest absolute Gasteiger partial charge is 0.109 e. The summed E-state index contributed by atoms with van der Waals surface area (Å²) in [6.45, 7) is 3.32. The first-order valence-corrected chi connectivity index (χ1v) is 7.03. The highest BCUT2D eigenvalue weighted by Crippen LogP contribution is 2.26. The zero-order valence-corrected chi connectivity index (χ0v) is 10.0. The molecule has 0 saturated carbocycles. The molecule has 0 spiro atoms. The normalized spacial score (nSPS) is 23.9. The molecule has 2 heterocycles. The molecular weight excluding hydrogens is 212 g/mol. The van der Waals surface area contributed by atoms with Gasteiger partial charge in [0.05, 0.1) is 6.04 Å². The van der Waals surface area contributed by atoms with E-state index in [1.807, 2.05) is 11.6 Å². The molecule has 2 nitrogen and oxygen atoms in total. The third-order valence-electron chi connectivity index (χ3n) is 2.50. The predicted molar refractivity (Wildman–Crippen MR) is 64.0 cm³/mol. The van der Waals surface area contributed by atoms with E-state index in [2.05, 4.69) is 29.0 Å². The highest BCUT2D eigenvalue weighted by molar-refractivity contribution is 8.00. The summed E-state index contributed by atoms with van der Waals surface area (Å²) < 4.78 is 0. The summed E-state index contributed by atoms with van der Waals surface area (Å²) in [7, 11) is 0. The molecule has 1 N–H and O–H groups in total. The molecule has 1 aliphatic heterocycles. The molecule has 2 unspecified atom stereocenters. The van der Waals surface area contributed by atoms with Crippen LogP contribution in [0.1, 0.15) is 30.8 Å². The fourth-order valence-electron chi connectivity index (χ4n) is 1.65. The van der Waals surface area contributed by atoms with Gasteiger partial charge >= 0.3 is 0 Å². The lowest BCUT2D eigenvalue weighted by Crippen LogP contribution is -2.26. The average molecular weight is 228 g/mol. The van der Waals surface area contributed by atoms with Crippen LogP contribution in [0.4, 0.5) is 0 Å². The van der Waals surface area contributed by atoms with Crippen LogP contribution >= 0.6 is 23.1 Å². The van der Waals surface area contributed by atoms with Crippen LogP contribution in [0.25, 0.3) is 0 Å². The van der Waals surface area contributed by atoms with E-state index in [-0.39, 0.29) is 0 Å². The van der Waals surface area contributed by atoms with Crippen molar-refractivity contribution in [1.29, 1.82) is 0 Å². The Morgan fingerprint density at radius 2 is 2.64 bits per heavy atom. The number of thiazole rings is 1. The molecule has 0 aliphatic carbocycles. The van der Waals surface area contributed by atoms with Crippen molar-refractivity contribution in [2.24, 2.45) is 0 Å². The van der Waals surface area contributed by atoms with E-state index < -0.39 is 0 Å². The molecule has 2 rings (SSSR count). The minimum absolute atomic E-state index is 0.413. The maximum atomic E-state index is 4.31. The molecule has 2 atom stereocenters. The van der Waals surface area contributed by atoms with Crippen LogP contribution in [-0.2, 0) is 0 Å². The van der Waals surface area contributed by atoms with Gasteiger partial charge in [0, 0.05) is 23.4 Å². The molecule has 4 heteroatoms. The second-order valence-electron chi connectivity index (χ2n) is 3.64. The first kappa shape index (κ1) is 10.5. The van der Waals surface area contributed by atoms with E-state index in [0.29, 0.717) is 6.04 Å². The van der Waals surface area contributed by atoms with Crippen LogP contribution in [0.15, 0.2) is 11.6 Å². The van der Waals surface area contributed by atoms with Crippen molar-refractivity contribution in [3.8, 4) is 0 Å². The van der Waals surface area contributed by atoms with Crippen LogP contribution in [0.2, 0.25) is 0 Å². The molecule has 0 radical (unpaired) electrons. The molecule has 1 saturated heterocycles. The molecular formula is C10H16N2S2. The van der Waals surface area contributed by atoms with Crippen LogP contribution in [-0.4, -0.2) is 22.5 Å². The lowest BCUT2D eigenvalue weighted by atomic mass is 10.2. The molecule has 1 aromatic rings. The summed E-state index contributed by atoms with van der Waals surface area (Å²) in [5.74, 6) is 1.35. The number of thioether (sulfide) groups is 1. The minimum atomic E-state index is 0.413. The Morgan fingerprint density at radius 3 is 3.29 bits per heavy atom. The van der Waals surface area contributed by atoms with Gasteiger partial charge in [-0.1, -0.05) is 0 Å². The van der Waals surface area contributed by atoms with Crippen molar-refractivity contribution < 1.29 is 0 Å². The van der Waals surface area contributed by atoms with Gasteiger partial charge in [0.15, 0.2) is 0 Å². The van der Waals surface area contributed by atoms with Gasteiger partial charge in [0.2, 0.25) is 0 Å². The Morgan fingerprint density at radius 1 is 1.71 bits per heavy atom. The molecule has 14 heavy (non-hydrogen) atoms. The van der Waals surface area contributed by atoms with Crippen LogP contribution in [0.5, 0.6) is 0 Å². The predicted octanol–water partition coefficient (Wildman–Crippen LogP) is 2.69. The second-order valence-corrected chi connectivity index (χ2v) is 5.97. The molecule has 1 aromatic heterocycles. The van der Waals surface area contributed by atoms with Crippen molar-refractivity contribution in [1.82, 2.24) is 10.3 Å². The van der Waals surface area contributed by atoms with Crippen molar-refractivity contribution in [2.75, 3.05) is 12.3 Å². The molecule has 1 fully saturated rings. The zero-order valence-electron chi connectivity index (χ0n) is 8.40. The second kappa shape index (κ2) is 5.14. The van der Waals surface area contributed by atoms with Crippen molar-refractivity contribution in [3.05, 3.63) is 16.6 Å². The number of nitrogens with one attached hydrogen (secondary N) is 1. The van der Waals surface area contributed by atoms with Gasteiger partial charge in [-0.15, -0.1) is 11.3 Å². The maximum Gasteiger partial charge on any atom is 0.109 e. The zero-order chi connectivity index (χ0) is 9.80. The Labute approximate surface area is 93.5 Å². The van der Waals surface area contributed by atoms with E-state index in [9.17, 15) is 0 Å². The van der Waals surface area contributed by atoms with Gasteiger partial charge in [0.25, 0.3) is 0 Å². The van der Waals surface area contributed by atoms with Crippen LogP contribution < -0.4 is 5.32 Å². The van der Waals surface area contributed by atoms with Gasteiger partial charge in [-0.3, -0.25) is 0 Å². The summed E-state index contributed by atoms with van der Waals surface area (Å²) in [4.78, 5) is 4.31. The number of aromatic nitrogens is 1. The van der Waals surface area contributed by atoms with Crippen molar-refractivity contribution >= 4 is 23.1 Å². The highest BCUT2D eigenvalue weighted by atomic mass is 32.2. The third-order valence-corrected chi connectivity index (χ3v) is 4.85. The van der Waals surface area contributed by atoms with Crippen LogP contribution in [0.3, 0.4) is 0 Å². The number of hydrogen-bond acceptors (Lipinski definition) is 4. The van der Waals surface area contributed by atoms with Gasteiger partial charge in [-0.05, 0) is 25.5 Å². The SMILES string of the molecule is CC(NCC1CCCS1)c1nccs1. The molecule has 0 aromatic carbocycles. The van der Waals surface area contributed by atoms with Crippen molar-refractivity contribution in [3.63, 3.8) is 0 Å². The first-order chi connectivity index (χ1) is 6.86. The molecule has 78 valence electrons. The molecule has 0 bridgehead atoms. The minimum Gasteiger partial charge on any atom is -0.307 e. The lowest BCUT2D eigenvalue weighted by Gasteiger charge is -2.14. The van der Waals surface area contributed by atoms with E-state index in [1.165, 1.54) is 23.6 Å². The number of hydrogen-bond donors (Lipinski definition) is 1. The third kappa shape index (κ3) is 2.72. The Balaban J connectivity index is 1.74. The van der Waals surface area contributed by atoms with Gasteiger partial charge in [-0.2, -0.15) is 11.8 Å². The highest BCUT2D eigenvalue weighted by Gasteiger charge is 2.16. The first-order valence-electron chi connectivity index (χ1n) is 5.10. The summed E-state index contributed by atoms with van der Waals surface area (Å²) in [6, 6.07) is 0.413. The van der Waals surface area contributed by atoms with Gasteiger partial charge in [-0.25, -0.2) is 4.98 Å². The summed E-state index contributed by atoms with van der Waals surface area (Å²) in [5, 5.41) is 7.63. The maximum absolute atomic E-state index is 4.31.